The number of aromatic nitrogens is 1. The summed E-state index contributed by atoms with van der Waals surface area (Å²) in [7, 11) is 1.95. The summed E-state index contributed by atoms with van der Waals surface area (Å²) in [6.45, 7) is 1.50. The minimum absolute atomic E-state index is 0. The topological polar surface area (TPSA) is 69.4 Å². The van der Waals surface area contributed by atoms with Crippen molar-refractivity contribution >= 4 is 5.97 Å². The van der Waals surface area contributed by atoms with Crippen molar-refractivity contribution in [3.8, 4) is 0 Å². The molecule has 1 aliphatic heterocycles. The molecule has 2 heterocycles. The third-order valence-electron chi connectivity index (χ3n) is 2.10. The molecule has 1 aromatic rings. The Hall–Kier alpha value is -0.763. The van der Waals surface area contributed by atoms with Crippen LogP contribution in [0.3, 0.4) is 0 Å². The molecule has 0 fully saturated rings. The summed E-state index contributed by atoms with van der Waals surface area (Å²) >= 11 is 0. The second-order valence-corrected chi connectivity index (χ2v) is 3.16. The summed E-state index contributed by atoms with van der Waals surface area (Å²) in [5.41, 5.74) is 0.748. The van der Waals surface area contributed by atoms with Gasteiger partial charge in [0.15, 0.2) is 0 Å². The number of aromatic carboxylic acids is 1. The summed E-state index contributed by atoms with van der Waals surface area (Å²) in [6, 6.07) is 0. The largest absolute Gasteiger partial charge is 1.00 e. The monoisotopic (exact) mass is 188 g/mol. The molecule has 1 aromatic heterocycles. The van der Waals surface area contributed by atoms with Crippen molar-refractivity contribution in [1.82, 2.24) is 9.88 Å². The van der Waals surface area contributed by atoms with E-state index in [1.54, 1.807) is 0 Å². The van der Waals surface area contributed by atoms with Gasteiger partial charge in [0.2, 0.25) is 5.89 Å². The van der Waals surface area contributed by atoms with Gasteiger partial charge >= 0.3 is 18.9 Å². The van der Waals surface area contributed by atoms with E-state index in [0.717, 1.165) is 18.7 Å². The van der Waals surface area contributed by atoms with Crippen LogP contribution in [0.25, 0.3) is 0 Å². The van der Waals surface area contributed by atoms with Crippen LogP contribution in [0.4, 0.5) is 0 Å². The molecule has 0 bridgehead atoms. The smallest absolute Gasteiger partial charge is 0.540 e. The standard InChI is InChI=1S/C8H10N2O3.Li/c1-10-3-2-5-6(4-10)13-7(9-5)8(11)12;/h2-4H2,1H3,(H,11,12);/q;+1/p-1. The molecule has 0 radical (unpaired) electrons. The Bertz CT molecular complexity index is 350. The van der Waals surface area contributed by atoms with E-state index in [9.17, 15) is 9.90 Å². The van der Waals surface area contributed by atoms with Crippen LogP contribution in [0.15, 0.2) is 4.42 Å². The maximum Gasteiger partial charge on any atom is 1.00 e. The molecule has 0 spiro atoms. The van der Waals surface area contributed by atoms with E-state index in [2.05, 4.69) is 4.98 Å². The molecule has 0 unspecified atom stereocenters. The van der Waals surface area contributed by atoms with Crippen molar-refractivity contribution in [2.45, 2.75) is 13.0 Å². The Labute approximate surface area is 93.3 Å². The number of carbonyl (C=O) groups excluding carboxylic acids is 1. The van der Waals surface area contributed by atoms with Crippen LogP contribution in [0.2, 0.25) is 0 Å². The predicted molar refractivity (Wildman–Crippen MR) is 40.9 cm³/mol. The molecule has 2 rings (SSSR count). The molecule has 70 valence electrons. The van der Waals surface area contributed by atoms with Crippen LogP contribution in [0.1, 0.15) is 22.1 Å². The molecule has 0 aromatic carbocycles. The van der Waals surface area contributed by atoms with Gasteiger partial charge in [0, 0.05) is 13.0 Å². The van der Waals surface area contributed by atoms with Crippen LogP contribution in [0.5, 0.6) is 0 Å². The van der Waals surface area contributed by atoms with E-state index in [-0.39, 0.29) is 24.8 Å². The van der Waals surface area contributed by atoms with Gasteiger partial charge in [-0.1, -0.05) is 0 Å². The first kappa shape index (κ1) is 11.3. The number of fused-ring (bicyclic) bond motifs is 1. The first-order chi connectivity index (χ1) is 6.16. The van der Waals surface area contributed by atoms with Gasteiger partial charge in [-0.05, 0) is 7.05 Å². The Kier molecular flexibility index (Phi) is 3.37. The van der Waals surface area contributed by atoms with E-state index < -0.39 is 5.97 Å². The van der Waals surface area contributed by atoms with E-state index in [1.807, 2.05) is 11.9 Å². The normalized spacial score (nSPS) is 15.8. The molecule has 0 saturated heterocycles. The molecule has 0 atom stereocenters. The fourth-order valence-electron chi connectivity index (χ4n) is 1.41. The van der Waals surface area contributed by atoms with Crippen molar-refractivity contribution in [3.63, 3.8) is 0 Å². The zero-order valence-corrected chi connectivity index (χ0v) is 8.24. The zero-order valence-electron chi connectivity index (χ0n) is 8.24. The first-order valence-corrected chi connectivity index (χ1v) is 4.05. The van der Waals surface area contributed by atoms with Gasteiger partial charge in [-0.15, -0.1) is 0 Å². The maximum atomic E-state index is 10.4. The van der Waals surface area contributed by atoms with E-state index in [0.29, 0.717) is 12.3 Å². The van der Waals surface area contributed by atoms with Gasteiger partial charge in [0.1, 0.15) is 11.7 Å². The Morgan fingerprint density at radius 2 is 2.36 bits per heavy atom. The number of hydrogen-bond acceptors (Lipinski definition) is 5. The van der Waals surface area contributed by atoms with E-state index in [4.69, 9.17) is 4.42 Å². The number of carboxylic acids is 1. The fourth-order valence-corrected chi connectivity index (χ4v) is 1.41. The Balaban J connectivity index is 0.000000980. The van der Waals surface area contributed by atoms with Gasteiger partial charge in [-0.25, -0.2) is 4.98 Å². The molecule has 0 amide bonds. The quantitative estimate of drug-likeness (QED) is 0.420. The zero-order chi connectivity index (χ0) is 9.42. The van der Waals surface area contributed by atoms with Crippen LogP contribution in [-0.4, -0.2) is 29.4 Å². The summed E-state index contributed by atoms with van der Waals surface area (Å²) in [6.07, 6.45) is 0.739. The van der Waals surface area contributed by atoms with Gasteiger partial charge in [-0.2, -0.15) is 0 Å². The molecule has 0 N–H and O–H groups in total. The Morgan fingerprint density at radius 1 is 1.64 bits per heavy atom. The average Bonchev–Trinajstić information content (AvgIpc) is 2.46. The molecular formula is C8H9LiN2O3. The summed E-state index contributed by atoms with van der Waals surface area (Å²) in [4.78, 5) is 16.3. The first-order valence-electron chi connectivity index (χ1n) is 4.05. The van der Waals surface area contributed by atoms with Crippen LogP contribution in [0, 0.1) is 0 Å². The van der Waals surface area contributed by atoms with Crippen molar-refractivity contribution in [2.24, 2.45) is 0 Å². The number of oxazole rings is 1. The van der Waals surface area contributed by atoms with Crippen molar-refractivity contribution < 1.29 is 33.2 Å². The molecule has 0 aliphatic carbocycles. The van der Waals surface area contributed by atoms with E-state index >= 15 is 0 Å². The minimum atomic E-state index is -1.35. The summed E-state index contributed by atoms with van der Waals surface area (Å²) < 4.78 is 5.02. The number of rotatable bonds is 1. The number of hydrogen-bond donors (Lipinski definition) is 0. The molecule has 5 nitrogen and oxygen atoms in total. The van der Waals surface area contributed by atoms with Crippen LogP contribution in [-0.2, 0) is 13.0 Å². The van der Waals surface area contributed by atoms with Crippen LogP contribution < -0.4 is 24.0 Å². The van der Waals surface area contributed by atoms with Gasteiger partial charge in [-0.3, -0.25) is 4.90 Å². The maximum absolute atomic E-state index is 10.4. The Morgan fingerprint density at radius 3 is 3.00 bits per heavy atom. The van der Waals surface area contributed by atoms with Gasteiger partial charge in [0.25, 0.3) is 0 Å². The number of nitrogens with zero attached hydrogens (tertiary/aromatic N) is 2. The summed E-state index contributed by atoms with van der Waals surface area (Å²) in [5, 5.41) is 10.4. The van der Waals surface area contributed by atoms with Crippen molar-refractivity contribution in [1.29, 1.82) is 0 Å². The molecular weight excluding hydrogens is 179 g/mol. The molecule has 0 saturated carbocycles. The van der Waals surface area contributed by atoms with Crippen molar-refractivity contribution in [2.75, 3.05) is 13.6 Å². The number of carbonyl (C=O) groups is 1. The average molecular weight is 188 g/mol. The molecule has 14 heavy (non-hydrogen) atoms. The number of carboxylic acid groups (broad SMARTS) is 1. The molecule has 1 aliphatic rings. The second kappa shape index (κ2) is 4.18. The SMILES string of the molecule is CN1CCc2nc(C(=O)[O-])oc2C1.[Li+]. The third kappa shape index (κ3) is 2.00. The summed E-state index contributed by atoms with van der Waals surface area (Å²) in [5.74, 6) is -1.01. The van der Waals surface area contributed by atoms with Gasteiger partial charge in [0.05, 0.1) is 12.2 Å². The number of likely N-dealkylation sites (N-methyl/N-ethyl adjacent to an activating group) is 1. The molecule has 6 heteroatoms. The van der Waals surface area contributed by atoms with Crippen molar-refractivity contribution in [3.05, 3.63) is 17.3 Å². The third-order valence-corrected chi connectivity index (χ3v) is 2.10. The van der Waals surface area contributed by atoms with Gasteiger partial charge < -0.3 is 14.3 Å². The van der Waals surface area contributed by atoms with E-state index in [1.165, 1.54) is 0 Å². The minimum Gasteiger partial charge on any atom is -0.540 e. The van der Waals surface area contributed by atoms with Crippen LogP contribution >= 0.6 is 0 Å². The fraction of sp³-hybridized carbons (Fsp3) is 0.500. The second-order valence-electron chi connectivity index (χ2n) is 3.16. The predicted octanol–water partition coefficient (Wildman–Crippen LogP) is -3.97.